The largest absolute Gasteiger partial charge is 0.371 e. The molecule has 2 saturated heterocycles. The molecule has 1 aromatic carbocycles. The van der Waals surface area contributed by atoms with Gasteiger partial charge in [0.05, 0.1) is 25.3 Å². The summed E-state index contributed by atoms with van der Waals surface area (Å²) in [5.41, 5.74) is 2.27. The van der Waals surface area contributed by atoms with Crippen molar-refractivity contribution in [2.24, 2.45) is 5.92 Å². The van der Waals surface area contributed by atoms with Crippen LogP contribution in [0.3, 0.4) is 0 Å². The summed E-state index contributed by atoms with van der Waals surface area (Å²) >= 11 is 0. The fourth-order valence-corrected chi connectivity index (χ4v) is 4.07. The molecule has 0 aromatic heterocycles. The molecule has 0 unspecified atom stereocenters. The van der Waals surface area contributed by atoms with E-state index < -0.39 is 0 Å². The molecule has 2 amide bonds. The second-order valence-electron chi connectivity index (χ2n) is 8.30. The molecule has 3 rings (SSSR count). The zero-order chi connectivity index (χ0) is 20.6. The summed E-state index contributed by atoms with van der Waals surface area (Å²) in [4.78, 5) is 28.3. The molecule has 0 radical (unpaired) electrons. The Bertz CT molecular complexity index is 695. The minimum absolute atomic E-state index is 0.0669. The number of quaternary nitrogens is 1. The number of hydrogen-bond donors (Lipinski definition) is 3. The molecule has 2 heterocycles. The maximum Gasteiger partial charge on any atom is 0.253 e. The molecule has 160 valence electrons. The first-order chi connectivity index (χ1) is 14.0. The van der Waals surface area contributed by atoms with Gasteiger partial charge in [0.1, 0.15) is 13.1 Å². The van der Waals surface area contributed by atoms with Gasteiger partial charge in [-0.25, -0.2) is 0 Å². The highest BCUT2D eigenvalue weighted by Crippen LogP contribution is 2.28. The number of benzene rings is 1. The van der Waals surface area contributed by atoms with Gasteiger partial charge in [-0.05, 0) is 37.0 Å². The van der Waals surface area contributed by atoms with Gasteiger partial charge in [-0.3, -0.25) is 9.59 Å². The fraction of sp³-hybridized carbons (Fsp3) is 0.636. The summed E-state index contributed by atoms with van der Waals surface area (Å²) in [5.74, 6) is 0.525. The van der Waals surface area contributed by atoms with Crippen molar-refractivity contribution >= 4 is 23.2 Å². The summed E-state index contributed by atoms with van der Waals surface area (Å²) in [7, 11) is 0. The van der Waals surface area contributed by atoms with E-state index in [-0.39, 0.29) is 11.8 Å². The van der Waals surface area contributed by atoms with Crippen molar-refractivity contribution in [3.8, 4) is 0 Å². The van der Waals surface area contributed by atoms with Crippen LogP contribution in [0.2, 0.25) is 0 Å². The van der Waals surface area contributed by atoms with Gasteiger partial charge in [0.2, 0.25) is 5.91 Å². The number of anilines is 2. The van der Waals surface area contributed by atoms with Crippen molar-refractivity contribution in [3.05, 3.63) is 23.8 Å². The minimum Gasteiger partial charge on any atom is -0.371 e. The number of morpholine rings is 1. The van der Waals surface area contributed by atoms with Crippen LogP contribution in [0, 0.1) is 5.92 Å². The molecule has 2 fully saturated rings. The van der Waals surface area contributed by atoms with E-state index in [1.165, 1.54) is 6.92 Å². The molecule has 3 N–H and O–H groups in total. The number of hydrogen-bond acceptors (Lipinski definition) is 4. The molecular formula is C22H35N4O3+. The van der Waals surface area contributed by atoms with E-state index in [4.69, 9.17) is 4.74 Å². The third-order valence-electron chi connectivity index (χ3n) is 5.88. The minimum atomic E-state index is -0.135. The molecule has 0 spiro atoms. The molecule has 2 aliphatic heterocycles. The average molecular weight is 404 g/mol. The van der Waals surface area contributed by atoms with Crippen molar-refractivity contribution in [3.63, 3.8) is 0 Å². The van der Waals surface area contributed by atoms with Gasteiger partial charge in [0.25, 0.3) is 5.91 Å². The zero-order valence-corrected chi connectivity index (χ0v) is 17.8. The number of carbonyl (C=O) groups excluding carboxylic acids is 2. The molecule has 7 heteroatoms. The summed E-state index contributed by atoms with van der Waals surface area (Å²) < 4.78 is 5.39. The van der Waals surface area contributed by atoms with Crippen LogP contribution in [0.1, 0.15) is 43.5 Å². The second kappa shape index (κ2) is 10.6. The predicted octanol–water partition coefficient (Wildman–Crippen LogP) is 0.916. The molecule has 2 aliphatic rings. The topological polar surface area (TPSA) is 75.1 Å². The van der Waals surface area contributed by atoms with E-state index >= 15 is 0 Å². The Morgan fingerprint density at radius 2 is 1.93 bits per heavy atom. The summed E-state index contributed by atoms with van der Waals surface area (Å²) in [6, 6.07) is 5.65. The van der Waals surface area contributed by atoms with Crippen LogP contribution in [-0.4, -0.2) is 64.3 Å². The predicted molar refractivity (Wildman–Crippen MR) is 115 cm³/mol. The average Bonchev–Trinajstić information content (AvgIpc) is 2.72. The smallest absolute Gasteiger partial charge is 0.253 e. The van der Waals surface area contributed by atoms with Crippen LogP contribution in [0.4, 0.5) is 11.4 Å². The maximum atomic E-state index is 13.0. The molecule has 1 aromatic rings. The number of amides is 2. The van der Waals surface area contributed by atoms with Crippen molar-refractivity contribution < 1.29 is 19.2 Å². The number of ether oxygens (including phenoxy) is 1. The van der Waals surface area contributed by atoms with E-state index in [0.29, 0.717) is 17.8 Å². The van der Waals surface area contributed by atoms with Gasteiger partial charge in [0.15, 0.2) is 0 Å². The first-order valence-corrected chi connectivity index (χ1v) is 10.9. The Labute approximate surface area is 173 Å². The second-order valence-corrected chi connectivity index (χ2v) is 8.30. The summed E-state index contributed by atoms with van der Waals surface area (Å²) in [6.45, 7) is 11.1. The number of rotatable bonds is 7. The van der Waals surface area contributed by atoms with Crippen LogP contribution in [0.25, 0.3) is 0 Å². The van der Waals surface area contributed by atoms with E-state index in [0.717, 1.165) is 76.8 Å². The molecule has 0 aliphatic carbocycles. The number of carbonyl (C=O) groups is 2. The quantitative estimate of drug-likeness (QED) is 0.592. The van der Waals surface area contributed by atoms with Gasteiger partial charge < -0.3 is 25.2 Å². The van der Waals surface area contributed by atoms with Crippen LogP contribution in [0.15, 0.2) is 18.2 Å². The molecule has 29 heavy (non-hydrogen) atoms. The van der Waals surface area contributed by atoms with Crippen molar-refractivity contribution in [1.29, 1.82) is 0 Å². The van der Waals surface area contributed by atoms with Crippen molar-refractivity contribution in [2.45, 2.75) is 33.1 Å². The lowest BCUT2D eigenvalue weighted by molar-refractivity contribution is -0.908. The zero-order valence-electron chi connectivity index (χ0n) is 17.8. The Morgan fingerprint density at radius 1 is 1.21 bits per heavy atom. The van der Waals surface area contributed by atoms with E-state index in [1.54, 1.807) is 11.0 Å². The van der Waals surface area contributed by atoms with Crippen LogP contribution < -0.4 is 20.4 Å². The number of nitrogens with zero attached hydrogens (tertiary/aromatic N) is 1. The molecule has 0 saturated carbocycles. The summed E-state index contributed by atoms with van der Waals surface area (Å²) in [6.07, 6.45) is 3.22. The van der Waals surface area contributed by atoms with Crippen LogP contribution in [0.5, 0.6) is 0 Å². The van der Waals surface area contributed by atoms with E-state index in [2.05, 4.69) is 22.5 Å². The Morgan fingerprint density at radius 3 is 2.62 bits per heavy atom. The molecule has 0 atom stereocenters. The van der Waals surface area contributed by atoms with Crippen LogP contribution in [-0.2, 0) is 9.53 Å². The highest BCUT2D eigenvalue weighted by atomic mass is 16.5. The lowest BCUT2D eigenvalue weighted by Gasteiger charge is -2.33. The normalized spacial score (nSPS) is 18.5. The van der Waals surface area contributed by atoms with Gasteiger partial charge in [-0.15, -0.1) is 0 Å². The van der Waals surface area contributed by atoms with E-state index in [1.807, 2.05) is 12.1 Å². The standard InChI is InChI=1S/C22H34N4O3/c1-17-6-10-26(11-7-17)21-5-4-19(24-18(2)27)16-20(21)22(28)23-8-3-9-25-12-14-29-15-13-25/h4-5,16-17H,3,6-15H2,1-2H3,(H,23,28)(H,24,27)/p+1. The van der Waals surface area contributed by atoms with Gasteiger partial charge in [-0.1, -0.05) is 6.92 Å². The van der Waals surface area contributed by atoms with Crippen molar-refractivity contribution in [2.75, 3.05) is 62.7 Å². The molecule has 0 bridgehead atoms. The third-order valence-corrected chi connectivity index (χ3v) is 5.88. The fourth-order valence-electron chi connectivity index (χ4n) is 4.07. The van der Waals surface area contributed by atoms with Crippen molar-refractivity contribution in [1.82, 2.24) is 5.32 Å². The lowest BCUT2D eigenvalue weighted by atomic mass is 9.97. The van der Waals surface area contributed by atoms with Gasteiger partial charge >= 0.3 is 0 Å². The van der Waals surface area contributed by atoms with E-state index in [9.17, 15) is 9.59 Å². The SMILES string of the molecule is CC(=O)Nc1ccc(N2CCC(C)CC2)c(C(=O)NCCC[NH+]2CCOCC2)c1. The van der Waals surface area contributed by atoms with Crippen LogP contribution >= 0.6 is 0 Å². The summed E-state index contributed by atoms with van der Waals surface area (Å²) in [5, 5.41) is 5.88. The highest BCUT2D eigenvalue weighted by Gasteiger charge is 2.22. The maximum absolute atomic E-state index is 13.0. The first kappa shape index (κ1) is 21.6. The Kier molecular flexibility index (Phi) is 7.89. The van der Waals surface area contributed by atoms with Gasteiger partial charge in [-0.2, -0.15) is 0 Å². The number of nitrogens with one attached hydrogen (secondary N) is 3. The molecular weight excluding hydrogens is 368 g/mol. The lowest BCUT2D eigenvalue weighted by Crippen LogP contribution is -3.14. The molecule has 7 nitrogen and oxygen atoms in total. The Hall–Kier alpha value is -2.12. The Balaban J connectivity index is 1.63. The third kappa shape index (κ3) is 6.44. The monoisotopic (exact) mass is 403 g/mol. The first-order valence-electron chi connectivity index (χ1n) is 10.9. The van der Waals surface area contributed by atoms with Gasteiger partial charge in [0, 0.05) is 44.4 Å². The number of piperidine rings is 1. The highest BCUT2D eigenvalue weighted by molar-refractivity contribution is 6.02.